The zero-order valence-electron chi connectivity index (χ0n) is 17.9. The Morgan fingerprint density at radius 3 is 1.97 bits per heavy atom. The second-order valence-electron chi connectivity index (χ2n) is 6.91. The van der Waals surface area contributed by atoms with Gasteiger partial charge in [0.05, 0.1) is 18.3 Å². The summed E-state index contributed by atoms with van der Waals surface area (Å²) in [6.45, 7) is 2.65. The number of hydrogen-bond acceptors (Lipinski definition) is 8. The zero-order valence-corrected chi connectivity index (χ0v) is 19.5. The summed E-state index contributed by atoms with van der Waals surface area (Å²) >= 11 is 0. The van der Waals surface area contributed by atoms with Crippen LogP contribution in [0.15, 0.2) is 53.4 Å². The summed E-state index contributed by atoms with van der Waals surface area (Å²) in [5, 5.41) is 0. The van der Waals surface area contributed by atoms with Crippen LogP contribution in [0.5, 0.6) is 5.75 Å². The summed E-state index contributed by atoms with van der Waals surface area (Å²) in [5.74, 6) is -0.989. The summed E-state index contributed by atoms with van der Waals surface area (Å²) in [6.07, 6.45) is -0.193. The normalized spacial score (nSPS) is 13.6. The van der Waals surface area contributed by atoms with Crippen molar-refractivity contribution in [1.29, 1.82) is 0 Å². The van der Waals surface area contributed by atoms with Crippen molar-refractivity contribution in [2.45, 2.75) is 30.9 Å². The van der Waals surface area contributed by atoms with Gasteiger partial charge in [-0.1, -0.05) is 0 Å². The molecule has 0 aliphatic heterocycles. The van der Waals surface area contributed by atoms with Gasteiger partial charge in [0.15, 0.2) is 6.10 Å². The average Bonchev–Trinajstić information content (AvgIpc) is 2.72. The fourth-order valence-corrected chi connectivity index (χ4v) is 4.34. The highest BCUT2D eigenvalue weighted by Crippen LogP contribution is 2.17. The van der Waals surface area contributed by atoms with Crippen LogP contribution < -0.4 is 14.2 Å². The van der Waals surface area contributed by atoms with Gasteiger partial charge in [0.25, 0.3) is 0 Å². The molecule has 32 heavy (non-hydrogen) atoms. The molecule has 0 saturated carbocycles. The average molecular weight is 485 g/mol. The highest BCUT2D eigenvalue weighted by molar-refractivity contribution is 7.92. The standard InChI is InChI=1S/C20H24N2O8S2/c1-13(21-32(27,28)18-11-9-17(29-3)10-12-18)20(24)30-14(2)19(23)15-5-7-16(8-6-15)22-31(4,25)26/h5-14,21-22H,1-4H3. The number of rotatable bonds is 10. The van der Waals surface area contributed by atoms with E-state index >= 15 is 0 Å². The van der Waals surface area contributed by atoms with Gasteiger partial charge in [0, 0.05) is 11.3 Å². The maximum Gasteiger partial charge on any atom is 0.324 e. The Morgan fingerprint density at radius 2 is 1.47 bits per heavy atom. The number of hydrogen-bond donors (Lipinski definition) is 2. The maximum atomic E-state index is 12.5. The van der Waals surface area contributed by atoms with E-state index in [0.717, 1.165) is 6.26 Å². The van der Waals surface area contributed by atoms with Crippen molar-refractivity contribution in [3.05, 3.63) is 54.1 Å². The number of carbonyl (C=O) groups is 2. The van der Waals surface area contributed by atoms with E-state index in [2.05, 4.69) is 9.44 Å². The molecule has 174 valence electrons. The molecule has 2 aromatic rings. The number of benzene rings is 2. The number of ketones is 1. The van der Waals surface area contributed by atoms with Crippen molar-refractivity contribution in [2.75, 3.05) is 18.1 Å². The van der Waals surface area contributed by atoms with Crippen LogP contribution >= 0.6 is 0 Å². The lowest BCUT2D eigenvalue weighted by atomic mass is 10.1. The lowest BCUT2D eigenvalue weighted by Crippen LogP contribution is -2.41. The summed E-state index contributed by atoms with van der Waals surface area (Å²) in [6, 6.07) is 9.90. The van der Waals surface area contributed by atoms with Crippen LogP contribution in [-0.2, 0) is 29.6 Å². The minimum absolute atomic E-state index is 0.0649. The van der Waals surface area contributed by atoms with Gasteiger partial charge in [-0.2, -0.15) is 4.72 Å². The molecule has 10 nitrogen and oxygen atoms in total. The highest BCUT2D eigenvalue weighted by atomic mass is 32.2. The molecule has 0 heterocycles. The van der Waals surface area contributed by atoms with Gasteiger partial charge in [-0.25, -0.2) is 16.8 Å². The second kappa shape index (κ2) is 10.1. The lowest BCUT2D eigenvalue weighted by molar-refractivity contribution is -0.147. The zero-order chi connectivity index (χ0) is 24.1. The van der Waals surface area contributed by atoms with Gasteiger partial charge < -0.3 is 9.47 Å². The quantitative estimate of drug-likeness (QED) is 0.382. The van der Waals surface area contributed by atoms with E-state index in [1.807, 2.05) is 0 Å². The first-order valence-electron chi connectivity index (χ1n) is 9.31. The number of ether oxygens (including phenoxy) is 2. The Balaban J connectivity index is 2.00. The van der Waals surface area contributed by atoms with Crippen molar-refractivity contribution >= 4 is 37.5 Å². The molecule has 2 rings (SSSR count). The summed E-state index contributed by atoms with van der Waals surface area (Å²) in [7, 11) is -6.01. The Hall–Kier alpha value is -2.96. The molecule has 0 amide bonds. The summed E-state index contributed by atoms with van der Waals surface area (Å²) in [4.78, 5) is 24.7. The first-order chi connectivity index (χ1) is 14.8. The molecule has 12 heteroatoms. The van der Waals surface area contributed by atoms with Gasteiger partial charge in [-0.15, -0.1) is 0 Å². The van der Waals surface area contributed by atoms with Crippen molar-refractivity contribution in [3.63, 3.8) is 0 Å². The van der Waals surface area contributed by atoms with E-state index < -0.39 is 43.9 Å². The Labute approximate surface area is 187 Å². The topological polar surface area (TPSA) is 145 Å². The number of esters is 1. The van der Waals surface area contributed by atoms with Crippen LogP contribution in [-0.4, -0.2) is 54.1 Å². The molecule has 2 aromatic carbocycles. The fraction of sp³-hybridized carbons (Fsp3) is 0.300. The molecule has 0 aliphatic rings. The highest BCUT2D eigenvalue weighted by Gasteiger charge is 2.27. The van der Waals surface area contributed by atoms with E-state index in [1.165, 1.54) is 69.5 Å². The van der Waals surface area contributed by atoms with Crippen LogP contribution in [0.25, 0.3) is 0 Å². The van der Waals surface area contributed by atoms with Gasteiger partial charge in [0.1, 0.15) is 11.8 Å². The number of Topliss-reactive ketones (excluding diaryl/α,β-unsaturated/α-hetero) is 1. The van der Waals surface area contributed by atoms with E-state index in [-0.39, 0.29) is 16.1 Å². The van der Waals surface area contributed by atoms with E-state index in [4.69, 9.17) is 9.47 Å². The van der Waals surface area contributed by atoms with Crippen molar-refractivity contribution in [1.82, 2.24) is 4.72 Å². The molecule has 0 saturated heterocycles. The van der Waals surface area contributed by atoms with Crippen molar-refractivity contribution < 1.29 is 35.9 Å². The molecule has 2 N–H and O–H groups in total. The molecular formula is C20H24N2O8S2. The Morgan fingerprint density at radius 1 is 0.906 bits per heavy atom. The molecule has 0 spiro atoms. The monoisotopic (exact) mass is 484 g/mol. The third-order valence-electron chi connectivity index (χ3n) is 4.19. The van der Waals surface area contributed by atoms with Crippen LogP contribution in [0.4, 0.5) is 5.69 Å². The van der Waals surface area contributed by atoms with Crippen LogP contribution in [0.2, 0.25) is 0 Å². The van der Waals surface area contributed by atoms with Gasteiger partial charge in [-0.3, -0.25) is 14.3 Å². The first-order valence-corrected chi connectivity index (χ1v) is 12.7. The third kappa shape index (κ3) is 7.04. The van der Waals surface area contributed by atoms with Gasteiger partial charge in [-0.05, 0) is 62.4 Å². The van der Waals surface area contributed by atoms with E-state index in [0.29, 0.717) is 5.75 Å². The predicted molar refractivity (Wildman–Crippen MR) is 118 cm³/mol. The molecule has 0 bridgehead atoms. The van der Waals surface area contributed by atoms with Gasteiger partial charge in [0.2, 0.25) is 25.8 Å². The summed E-state index contributed by atoms with van der Waals surface area (Å²) < 4.78 is 61.9. The SMILES string of the molecule is COc1ccc(S(=O)(=O)NC(C)C(=O)OC(C)C(=O)c2ccc(NS(C)(=O)=O)cc2)cc1. The largest absolute Gasteiger partial charge is 0.497 e. The molecule has 2 atom stereocenters. The fourth-order valence-electron chi connectivity index (χ4n) is 2.58. The van der Waals surface area contributed by atoms with E-state index in [1.54, 1.807) is 0 Å². The van der Waals surface area contributed by atoms with Crippen LogP contribution in [0.3, 0.4) is 0 Å². The van der Waals surface area contributed by atoms with E-state index in [9.17, 15) is 26.4 Å². The maximum absolute atomic E-state index is 12.5. The smallest absolute Gasteiger partial charge is 0.324 e. The predicted octanol–water partition coefficient (Wildman–Crippen LogP) is 1.55. The number of sulfonamides is 2. The molecule has 0 aromatic heterocycles. The number of carbonyl (C=O) groups excluding carboxylic acids is 2. The Bertz CT molecular complexity index is 1180. The molecule has 0 aliphatic carbocycles. The molecule has 2 unspecified atom stereocenters. The second-order valence-corrected chi connectivity index (χ2v) is 10.4. The van der Waals surface area contributed by atoms with Crippen LogP contribution in [0, 0.1) is 0 Å². The lowest BCUT2D eigenvalue weighted by Gasteiger charge is -2.17. The van der Waals surface area contributed by atoms with Crippen molar-refractivity contribution in [3.8, 4) is 5.75 Å². The minimum Gasteiger partial charge on any atom is -0.497 e. The third-order valence-corrected chi connectivity index (χ3v) is 6.35. The number of anilines is 1. The van der Waals surface area contributed by atoms with Gasteiger partial charge >= 0.3 is 5.97 Å². The molecular weight excluding hydrogens is 460 g/mol. The number of methoxy groups -OCH3 is 1. The first kappa shape index (κ1) is 25.3. The molecule has 0 radical (unpaired) electrons. The summed E-state index contributed by atoms with van der Waals surface area (Å²) in [5.41, 5.74) is 0.464. The van der Waals surface area contributed by atoms with Crippen molar-refractivity contribution in [2.24, 2.45) is 0 Å². The Kier molecular flexibility index (Phi) is 7.99. The number of nitrogens with one attached hydrogen (secondary N) is 2. The minimum atomic E-state index is -4.00. The molecule has 0 fully saturated rings. The van der Waals surface area contributed by atoms with Crippen LogP contribution in [0.1, 0.15) is 24.2 Å².